The highest BCUT2D eigenvalue weighted by Gasteiger charge is 2.20. The van der Waals surface area contributed by atoms with Gasteiger partial charge in [-0.3, -0.25) is 4.79 Å². The zero-order valence-electron chi connectivity index (χ0n) is 10.4. The van der Waals surface area contributed by atoms with E-state index in [0.29, 0.717) is 18.8 Å². The average molecular weight is 262 g/mol. The number of halogens is 1. The van der Waals surface area contributed by atoms with Gasteiger partial charge in [0, 0.05) is 12.2 Å². The van der Waals surface area contributed by atoms with Crippen LogP contribution in [0.15, 0.2) is 18.2 Å². The Morgan fingerprint density at radius 2 is 2.42 bits per heavy atom. The highest BCUT2D eigenvalue weighted by atomic mass is 19.1. The van der Waals surface area contributed by atoms with Crippen molar-refractivity contribution in [1.82, 2.24) is 5.32 Å². The fourth-order valence-electron chi connectivity index (χ4n) is 1.84. The molecule has 1 aromatic rings. The molecule has 1 amide bonds. The lowest BCUT2D eigenvalue weighted by molar-refractivity contribution is 0.0926. The Hall–Kier alpha value is -1.90. The Kier molecular flexibility index (Phi) is 4.50. The molecule has 3 N–H and O–H groups in total. The lowest BCUT2D eigenvalue weighted by atomic mass is 10.1. The summed E-state index contributed by atoms with van der Waals surface area (Å²) in [5.41, 5.74) is 5.76. The minimum Gasteiger partial charge on any atom is -0.379 e. The number of carbonyl (C=O) groups is 1. The minimum atomic E-state index is -0.583. The van der Waals surface area contributed by atoms with Gasteiger partial charge in [-0.2, -0.15) is 0 Å². The number of ether oxygens (including phenoxy) is 1. The van der Waals surface area contributed by atoms with Gasteiger partial charge in [0.05, 0.1) is 24.8 Å². The predicted molar refractivity (Wildman–Crippen MR) is 69.0 cm³/mol. The highest BCUT2D eigenvalue weighted by molar-refractivity contribution is 5.94. The number of rotatable bonds is 2. The second kappa shape index (κ2) is 6.32. The molecule has 5 heteroatoms. The third-order valence-electron chi connectivity index (χ3n) is 2.81. The molecule has 1 aromatic carbocycles. The lowest BCUT2D eigenvalue weighted by Crippen LogP contribution is -2.35. The molecule has 0 aliphatic carbocycles. The summed E-state index contributed by atoms with van der Waals surface area (Å²) >= 11 is 0. The zero-order chi connectivity index (χ0) is 13.7. The molecule has 1 saturated heterocycles. The second-order valence-electron chi connectivity index (χ2n) is 4.23. The van der Waals surface area contributed by atoms with Crippen molar-refractivity contribution >= 4 is 5.91 Å². The molecule has 0 spiro atoms. The Labute approximate surface area is 111 Å². The molecule has 1 fully saturated rings. The molecule has 1 aliphatic rings. The van der Waals surface area contributed by atoms with Crippen LogP contribution in [0.5, 0.6) is 0 Å². The standard InChI is InChI=1S/C14H15FN2O2/c15-13-8-10(2-1-6-16)3-4-12(13)14(18)17-11-5-7-19-9-11/h3-4,8,11H,5-7,9,16H2,(H,17,18). The van der Waals surface area contributed by atoms with Crippen molar-refractivity contribution < 1.29 is 13.9 Å². The summed E-state index contributed by atoms with van der Waals surface area (Å²) in [5.74, 6) is 4.34. The Bertz CT molecular complexity index is 528. The molecule has 0 saturated carbocycles. The first-order valence-corrected chi connectivity index (χ1v) is 6.08. The molecule has 4 nitrogen and oxygen atoms in total. The fourth-order valence-corrected chi connectivity index (χ4v) is 1.84. The van der Waals surface area contributed by atoms with Gasteiger partial charge in [0.1, 0.15) is 5.82 Å². The normalized spacial score (nSPS) is 17.7. The van der Waals surface area contributed by atoms with Crippen LogP contribution in [0.25, 0.3) is 0 Å². The smallest absolute Gasteiger partial charge is 0.254 e. The van der Waals surface area contributed by atoms with E-state index in [-0.39, 0.29) is 18.2 Å². The van der Waals surface area contributed by atoms with Crippen molar-refractivity contribution in [3.05, 3.63) is 35.1 Å². The Balaban J connectivity index is 2.09. The highest BCUT2D eigenvalue weighted by Crippen LogP contribution is 2.11. The van der Waals surface area contributed by atoms with Crippen LogP contribution in [-0.4, -0.2) is 31.7 Å². The fraction of sp³-hybridized carbons (Fsp3) is 0.357. The third kappa shape index (κ3) is 3.53. The molecule has 0 radical (unpaired) electrons. The number of benzene rings is 1. The summed E-state index contributed by atoms with van der Waals surface area (Å²) < 4.78 is 19.0. The molecule has 19 heavy (non-hydrogen) atoms. The molecule has 2 rings (SSSR count). The van der Waals surface area contributed by atoms with Crippen molar-refractivity contribution in [3.63, 3.8) is 0 Å². The topological polar surface area (TPSA) is 64.4 Å². The van der Waals surface area contributed by atoms with Gasteiger partial charge in [-0.05, 0) is 24.6 Å². The number of hydrogen-bond acceptors (Lipinski definition) is 3. The summed E-state index contributed by atoms with van der Waals surface area (Å²) in [6.45, 7) is 1.32. The third-order valence-corrected chi connectivity index (χ3v) is 2.81. The largest absolute Gasteiger partial charge is 0.379 e. The van der Waals surface area contributed by atoms with Gasteiger partial charge in [0.15, 0.2) is 0 Å². The van der Waals surface area contributed by atoms with Gasteiger partial charge in [0.2, 0.25) is 0 Å². The lowest BCUT2D eigenvalue weighted by Gasteiger charge is -2.11. The molecular formula is C14H15FN2O2. The Morgan fingerprint density at radius 1 is 1.58 bits per heavy atom. The van der Waals surface area contributed by atoms with Gasteiger partial charge in [0.25, 0.3) is 5.91 Å². The molecule has 1 heterocycles. The van der Waals surface area contributed by atoms with Crippen molar-refractivity contribution in [3.8, 4) is 11.8 Å². The maximum Gasteiger partial charge on any atom is 0.254 e. The second-order valence-corrected chi connectivity index (χ2v) is 4.23. The van der Waals surface area contributed by atoms with Crippen LogP contribution in [0.3, 0.4) is 0 Å². The van der Waals surface area contributed by atoms with E-state index in [1.807, 2.05) is 0 Å². The molecular weight excluding hydrogens is 247 g/mol. The van der Waals surface area contributed by atoms with Gasteiger partial charge < -0.3 is 15.8 Å². The average Bonchev–Trinajstić information content (AvgIpc) is 2.89. The van der Waals surface area contributed by atoms with Crippen molar-refractivity contribution in [1.29, 1.82) is 0 Å². The summed E-state index contributed by atoms with van der Waals surface area (Å²) in [7, 11) is 0. The van der Waals surface area contributed by atoms with Crippen molar-refractivity contribution in [2.75, 3.05) is 19.8 Å². The number of nitrogens with one attached hydrogen (secondary N) is 1. The van der Waals surface area contributed by atoms with E-state index < -0.39 is 11.7 Å². The molecule has 1 aliphatic heterocycles. The van der Waals surface area contributed by atoms with Gasteiger partial charge in [-0.1, -0.05) is 11.8 Å². The number of nitrogens with two attached hydrogens (primary N) is 1. The van der Waals surface area contributed by atoms with Crippen LogP contribution in [0.1, 0.15) is 22.3 Å². The maximum atomic E-state index is 13.8. The van der Waals surface area contributed by atoms with E-state index in [4.69, 9.17) is 10.5 Å². The first-order valence-electron chi connectivity index (χ1n) is 6.08. The molecule has 1 unspecified atom stereocenters. The van der Waals surface area contributed by atoms with Crippen molar-refractivity contribution in [2.45, 2.75) is 12.5 Å². The van der Waals surface area contributed by atoms with E-state index in [9.17, 15) is 9.18 Å². The molecule has 1 atom stereocenters. The van der Waals surface area contributed by atoms with E-state index in [0.717, 1.165) is 6.42 Å². The van der Waals surface area contributed by atoms with Crippen LogP contribution in [0.2, 0.25) is 0 Å². The number of amides is 1. The van der Waals surface area contributed by atoms with E-state index >= 15 is 0 Å². The van der Waals surface area contributed by atoms with Crippen LogP contribution in [-0.2, 0) is 4.74 Å². The predicted octanol–water partition coefficient (Wildman–Crippen LogP) is 0.655. The van der Waals surface area contributed by atoms with Crippen molar-refractivity contribution in [2.24, 2.45) is 5.73 Å². The quantitative estimate of drug-likeness (QED) is 0.769. The summed E-state index contributed by atoms with van der Waals surface area (Å²) in [6, 6.07) is 4.24. The zero-order valence-corrected chi connectivity index (χ0v) is 10.4. The maximum absolute atomic E-state index is 13.8. The Morgan fingerprint density at radius 3 is 3.05 bits per heavy atom. The molecule has 0 bridgehead atoms. The van der Waals surface area contributed by atoms with Crippen LogP contribution in [0.4, 0.5) is 4.39 Å². The van der Waals surface area contributed by atoms with Crippen LogP contribution >= 0.6 is 0 Å². The first kappa shape index (κ1) is 13.5. The van der Waals surface area contributed by atoms with Gasteiger partial charge in [-0.15, -0.1) is 0 Å². The van der Waals surface area contributed by atoms with E-state index in [2.05, 4.69) is 17.2 Å². The molecule has 0 aromatic heterocycles. The van der Waals surface area contributed by atoms with Crippen LogP contribution in [0, 0.1) is 17.7 Å². The first-order chi connectivity index (χ1) is 9.20. The van der Waals surface area contributed by atoms with E-state index in [1.54, 1.807) is 6.07 Å². The monoisotopic (exact) mass is 262 g/mol. The minimum absolute atomic E-state index is 0.0187. The molecule has 100 valence electrons. The SMILES string of the molecule is NCC#Cc1ccc(C(=O)NC2CCOC2)c(F)c1. The van der Waals surface area contributed by atoms with Crippen LogP contribution < -0.4 is 11.1 Å². The number of hydrogen-bond donors (Lipinski definition) is 2. The summed E-state index contributed by atoms with van der Waals surface area (Å²) in [6.07, 6.45) is 0.757. The van der Waals surface area contributed by atoms with Gasteiger partial charge in [-0.25, -0.2) is 4.39 Å². The number of carbonyl (C=O) groups excluding carboxylic acids is 1. The summed E-state index contributed by atoms with van der Waals surface area (Å²) in [4.78, 5) is 11.9. The van der Waals surface area contributed by atoms with E-state index in [1.165, 1.54) is 12.1 Å². The summed E-state index contributed by atoms with van der Waals surface area (Å²) in [5, 5.41) is 2.74. The van der Waals surface area contributed by atoms with Gasteiger partial charge >= 0.3 is 0 Å².